The maximum Gasteiger partial charge on any atom is 0.238 e. The number of likely N-dealkylation sites (tertiary alicyclic amines) is 1. The van der Waals surface area contributed by atoms with Crippen LogP contribution in [0.25, 0.3) is 0 Å². The van der Waals surface area contributed by atoms with E-state index in [9.17, 15) is 9.59 Å². The van der Waals surface area contributed by atoms with Gasteiger partial charge in [0.05, 0.1) is 41.4 Å². The summed E-state index contributed by atoms with van der Waals surface area (Å²) in [5.41, 5.74) is 0.473. The molecule has 0 aliphatic carbocycles. The van der Waals surface area contributed by atoms with Gasteiger partial charge in [0.25, 0.3) is 0 Å². The first-order chi connectivity index (χ1) is 15.5. The number of ether oxygens (including phenoxy) is 2. The fourth-order valence-corrected chi connectivity index (χ4v) is 4.08. The minimum absolute atomic E-state index is 0.115. The molecular weight excluding hydrogens is 455 g/mol. The van der Waals surface area contributed by atoms with Crippen molar-refractivity contribution in [2.75, 3.05) is 43.5 Å². The van der Waals surface area contributed by atoms with Crippen molar-refractivity contribution in [2.24, 2.45) is 5.92 Å². The zero-order chi connectivity index (χ0) is 22.5. The standard InChI is InChI=1S/C22H24Cl2N4O4/c23-15-4-5-20(25-11-15)27-22(30)14-3-1-6-28(12-14)13-21(29)26-17-10-19-18(9-16(17)24)31-7-2-8-32-19/h4-5,9-11,14H,1-3,6-8,12-13H2,(H,26,29)(H,25,27,30). The van der Waals surface area contributed by atoms with Crippen LogP contribution in [0.15, 0.2) is 30.5 Å². The van der Waals surface area contributed by atoms with Gasteiger partial charge < -0.3 is 20.1 Å². The zero-order valence-corrected chi connectivity index (χ0v) is 18.9. The van der Waals surface area contributed by atoms with Gasteiger partial charge in [-0.25, -0.2) is 4.98 Å². The van der Waals surface area contributed by atoms with Crippen LogP contribution < -0.4 is 20.1 Å². The van der Waals surface area contributed by atoms with E-state index in [0.717, 1.165) is 25.8 Å². The quantitative estimate of drug-likeness (QED) is 0.677. The average Bonchev–Trinajstić information content (AvgIpc) is 3.00. The Labute approximate surface area is 196 Å². The number of nitrogens with zero attached hydrogens (tertiary/aromatic N) is 2. The van der Waals surface area contributed by atoms with Crippen LogP contribution in [0, 0.1) is 5.92 Å². The Kier molecular flexibility index (Phi) is 7.34. The summed E-state index contributed by atoms with van der Waals surface area (Å²) in [6.45, 7) is 2.50. The van der Waals surface area contributed by atoms with Crippen LogP contribution in [-0.4, -0.2) is 54.5 Å². The summed E-state index contributed by atoms with van der Waals surface area (Å²) in [6, 6.07) is 6.68. The van der Waals surface area contributed by atoms with Gasteiger partial charge in [0.15, 0.2) is 11.5 Å². The fraction of sp³-hybridized carbons (Fsp3) is 0.409. The number of aromatic nitrogens is 1. The number of nitrogens with one attached hydrogen (secondary N) is 2. The fourth-order valence-electron chi connectivity index (χ4n) is 3.76. The number of carbonyl (C=O) groups excluding carboxylic acids is 2. The molecule has 2 amide bonds. The van der Waals surface area contributed by atoms with Gasteiger partial charge >= 0.3 is 0 Å². The van der Waals surface area contributed by atoms with Crippen molar-refractivity contribution in [2.45, 2.75) is 19.3 Å². The minimum atomic E-state index is -0.226. The van der Waals surface area contributed by atoms with Crippen LogP contribution in [-0.2, 0) is 9.59 Å². The van der Waals surface area contributed by atoms with Crippen molar-refractivity contribution in [1.29, 1.82) is 0 Å². The van der Waals surface area contributed by atoms with Gasteiger partial charge in [0.2, 0.25) is 11.8 Å². The van der Waals surface area contributed by atoms with Crippen LogP contribution >= 0.6 is 23.2 Å². The second kappa shape index (κ2) is 10.4. The molecule has 1 aromatic heterocycles. The maximum absolute atomic E-state index is 12.7. The molecule has 2 aliphatic rings. The normalized spacial score (nSPS) is 18.5. The number of rotatable bonds is 5. The molecular formula is C22H24Cl2N4O4. The Balaban J connectivity index is 1.33. The molecule has 10 heteroatoms. The van der Waals surface area contributed by atoms with E-state index in [2.05, 4.69) is 15.6 Å². The number of hydrogen-bond donors (Lipinski definition) is 2. The molecule has 1 atom stereocenters. The van der Waals surface area contributed by atoms with Gasteiger partial charge in [-0.2, -0.15) is 0 Å². The highest BCUT2D eigenvalue weighted by molar-refractivity contribution is 6.34. The van der Waals surface area contributed by atoms with Crippen LogP contribution in [0.4, 0.5) is 11.5 Å². The van der Waals surface area contributed by atoms with Gasteiger partial charge in [0.1, 0.15) is 5.82 Å². The second-order valence-electron chi connectivity index (χ2n) is 7.80. The Morgan fingerprint density at radius 3 is 2.62 bits per heavy atom. The molecule has 0 saturated carbocycles. The monoisotopic (exact) mass is 478 g/mol. The lowest BCUT2D eigenvalue weighted by Crippen LogP contribution is -2.44. The van der Waals surface area contributed by atoms with E-state index in [1.807, 2.05) is 4.90 Å². The van der Waals surface area contributed by atoms with Gasteiger partial charge in [-0.1, -0.05) is 23.2 Å². The second-order valence-corrected chi connectivity index (χ2v) is 8.65. The highest BCUT2D eigenvalue weighted by Crippen LogP contribution is 2.37. The Bertz CT molecular complexity index is 987. The van der Waals surface area contributed by atoms with Gasteiger partial charge in [-0.15, -0.1) is 0 Å². The first kappa shape index (κ1) is 22.6. The van der Waals surface area contributed by atoms with E-state index in [0.29, 0.717) is 52.8 Å². The summed E-state index contributed by atoms with van der Waals surface area (Å²) >= 11 is 12.2. The molecule has 2 aliphatic heterocycles. The molecule has 0 radical (unpaired) electrons. The van der Waals surface area contributed by atoms with Gasteiger partial charge in [-0.05, 0) is 31.5 Å². The van der Waals surface area contributed by atoms with E-state index in [4.69, 9.17) is 32.7 Å². The predicted octanol–water partition coefficient (Wildman–Crippen LogP) is 3.84. The summed E-state index contributed by atoms with van der Waals surface area (Å²) in [5.74, 6) is 1.05. The number of halogens is 2. The van der Waals surface area contributed by atoms with E-state index in [1.165, 1.54) is 6.20 Å². The zero-order valence-electron chi connectivity index (χ0n) is 17.4. The number of amides is 2. The molecule has 4 rings (SSSR count). The number of hydrogen-bond acceptors (Lipinski definition) is 6. The Morgan fingerprint density at radius 1 is 1.09 bits per heavy atom. The third kappa shape index (κ3) is 5.82. The molecule has 2 N–H and O–H groups in total. The molecule has 2 aromatic rings. The smallest absolute Gasteiger partial charge is 0.238 e. The van der Waals surface area contributed by atoms with E-state index in [-0.39, 0.29) is 24.3 Å². The third-order valence-corrected chi connectivity index (χ3v) is 5.87. The molecule has 0 spiro atoms. The lowest BCUT2D eigenvalue weighted by atomic mass is 9.97. The van der Waals surface area contributed by atoms with E-state index < -0.39 is 0 Å². The molecule has 1 aromatic carbocycles. The number of benzene rings is 1. The first-order valence-electron chi connectivity index (χ1n) is 10.5. The first-order valence-corrected chi connectivity index (χ1v) is 11.3. The molecule has 1 fully saturated rings. The summed E-state index contributed by atoms with van der Waals surface area (Å²) in [6.07, 6.45) is 3.85. The summed E-state index contributed by atoms with van der Waals surface area (Å²) in [5, 5.41) is 6.55. The molecule has 8 nitrogen and oxygen atoms in total. The maximum atomic E-state index is 12.7. The van der Waals surface area contributed by atoms with Gasteiger partial charge in [0, 0.05) is 31.3 Å². The average molecular weight is 479 g/mol. The van der Waals surface area contributed by atoms with E-state index >= 15 is 0 Å². The number of carbonyl (C=O) groups is 2. The topological polar surface area (TPSA) is 92.8 Å². The van der Waals surface area contributed by atoms with Crippen LogP contribution in [0.3, 0.4) is 0 Å². The lowest BCUT2D eigenvalue weighted by molar-refractivity contribution is -0.123. The number of pyridine rings is 1. The van der Waals surface area contributed by atoms with Crippen molar-refractivity contribution in [1.82, 2.24) is 9.88 Å². The number of piperidine rings is 1. The molecule has 1 saturated heterocycles. The Morgan fingerprint density at radius 2 is 1.88 bits per heavy atom. The number of anilines is 2. The van der Waals surface area contributed by atoms with Crippen molar-refractivity contribution in [3.8, 4) is 11.5 Å². The highest BCUT2D eigenvalue weighted by Gasteiger charge is 2.27. The SMILES string of the molecule is O=C(CN1CCCC(C(=O)Nc2ccc(Cl)cn2)C1)Nc1cc2c(cc1Cl)OCCCO2. The highest BCUT2D eigenvalue weighted by atomic mass is 35.5. The van der Waals surface area contributed by atoms with Crippen molar-refractivity contribution in [3.05, 3.63) is 40.5 Å². The van der Waals surface area contributed by atoms with Gasteiger partial charge in [-0.3, -0.25) is 14.5 Å². The molecule has 170 valence electrons. The lowest BCUT2D eigenvalue weighted by Gasteiger charge is -2.31. The summed E-state index contributed by atoms with van der Waals surface area (Å²) in [4.78, 5) is 31.4. The van der Waals surface area contributed by atoms with E-state index in [1.54, 1.807) is 24.3 Å². The number of fused-ring (bicyclic) bond motifs is 1. The molecule has 32 heavy (non-hydrogen) atoms. The van der Waals surface area contributed by atoms with Crippen LogP contribution in [0.2, 0.25) is 10.0 Å². The molecule has 0 bridgehead atoms. The summed E-state index contributed by atoms with van der Waals surface area (Å²) in [7, 11) is 0. The van der Waals surface area contributed by atoms with Crippen LogP contribution in [0.1, 0.15) is 19.3 Å². The van der Waals surface area contributed by atoms with Crippen LogP contribution in [0.5, 0.6) is 11.5 Å². The largest absolute Gasteiger partial charge is 0.490 e. The van der Waals surface area contributed by atoms with Crippen molar-refractivity contribution >= 4 is 46.5 Å². The predicted molar refractivity (Wildman–Crippen MR) is 123 cm³/mol. The minimum Gasteiger partial charge on any atom is -0.490 e. The van der Waals surface area contributed by atoms with Crippen molar-refractivity contribution in [3.63, 3.8) is 0 Å². The summed E-state index contributed by atoms with van der Waals surface area (Å²) < 4.78 is 11.3. The third-order valence-electron chi connectivity index (χ3n) is 5.33. The molecule has 1 unspecified atom stereocenters. The Hall–Kier alpha value is -2.55. The molecule has 3 heterocycles. The van der Waals surface area contributed by atoms with Crippen molar-refractivity contribution < 1.29 is 19.1 Å².